The minimum atomic E-state index is -4.05. The zero-order valence-corrected chi connectivity index (χ0v) is 62.2. The molecule has 4 aromatic carbocycles. The van der Waals surface area contributed by atoms with E-state index in [0.717, 1.165) is 25.0 Å². The van der Waals surface area contributed by atoms with Gasteiger partial charge >= 0.3 is 24.0 Å². The third-order valence-corrected chi connectivity index (χ3v) is 14.1. The molecule has 0 aliphatic rings. The van der Waals surface area contributed by atoms with Gasteiger partial charge in [0.25, 0.3) is 11.9 Å². The number of carboxylic acid groups (broad SMARTS) is 3. The Labute approximate surface area is 634 Å². The maximum absolute atomic E-state index is 14.4. The van der Waals surface area contributed by atoms with Gasteiger partial charge in [-0.2, -0.15) is 0 Å². The van der Waals surface area contributed by atoms with Gasteiger partial charge in [-0.15, -0.1) is 0 Å². The number of ketones is 2. The molecular formula is C77H115N11O18. The van der Waals surface area contributed by atoms with Gasteiger partial charge in [-0.1, -0.05) is 121 Å². The van der Waals surface area contributed by atoms with Crippen molar-refractivity contribution in [1.29, 1.82) is 0 Å². The van der Waals surface area contributed by atoms with Crippen molar-refractivity contribution >= 4 is 83.1 Å². The number of aliphatic imine (C=N–C) groups is 2. The van der Waals surface area contributed by atoms with Crippen LogP contribution in [-0.4, -0.2) is 153 Å². The molecule has 0 radical (unpaired) electrons. The van der Waals surface area contributed by atoms with E-state index in [9.17, 15) is 53.1 Å². The van der Waals surface area contributed by atoms with Crippen molar-refractivity contribution in [1.82, 2.24) is 21.3 Å². The number of carbonyl (C=O) groups excluding carboxylic acids is 9. The number of nitrogens with two attached hydrogens (primary N) is 5. The Bertz CT molecular complexity index is 3840. The van der Waals surface area contributed by atoms with Crippen LogP contribution in [0, 0.1) is 23.7 Å². The summed E-state index contributed by atoms with van der Waals surface area (Å²) in [5, 5.41) is 33.8. The largest absolute Gasteiger partial charge is 0.481 e. The molecule has 106 heavy (non-hydrogen) atoms. The Morgan fingerprint density at radius 1 is 0.443 bits per heavy atom. The second-order valence-corrected chi connectivity index (χ2v) is 27.4. The Hall–Kier alpha value is -10.7. The highest BCUT2D eigenvalue weighted by Crippen LogP contribution is 2.23. The third-order valence-electron chi connectivity index (χ3n) is 14.1. The first-order valence-corrected chi connectivity index (χ1v) is 34.1. The molecule has 586 valence electrons. The van der Waals surface area contributed by atoms with E-state index in [-0.39, 0.29) is 90.6 Å². The normalized spacial score (nSPS) is 14.6. The fraction of sp³-hybridized carbons (Fsp3) is 0.506. The van der Waals surface area contributed by atoms with E-state index in [1.54, 1.807) is 132 Å². The van der Waals surface area contributed by atoms with E-state index in [4.69, 9.17) is 73.6 Å². The lowest BCUT2D eigenvalue weighted by Gasteiger charge is -2.26. The van der Waals surface area contributed by atoms with Gasteiger partial charge in [0.1, 0.15) is 22.8 Å². The number of guanidine groups is 2. The molecule has 29 nitrogen and oxygen atoms in total. The van der Waals surface area contributed by atoms with E-state index in [2.05, 4.69) is 20.6 Å². The molecule has 0 aliphatic carbocycles. The molecule has 0 saturated carbocycles. The number of nitrogens with one attached hydrogen (secondary N) is 4. The van der Waals surface area contributed by atoms with Crippen LogP contribution >= 0.6 is 0 Å². The molecule has 29 heteroatoms. The topological polar surface area (TPSA) is 496 Å². The van der Waals surface area contributed by atoms with Crippen LogP contribution in [-0.2, 0) is 92.6 Å². The lowest BCUT2D eigenvalue weighted by Crippen LogP contribution is -2.49. The second-order valence-electron chi connectivity index (χ2n) is 27.4. The molecule has 0 heterocycles. The number of amides is 5. The number of hydrogen-bond donors (Lipinski definition) is 12. The minimum Gasteiger partial charge on any atom is -0.481 e. The van der Waals surface area contributed by atoms with E-state index in [0.29, 0.717) is 17.5 Å². The number of primary amides is 1. The summed E-state index contributed by atoms with van der Waals surface area (Å²) in [4.78, 5) is 159. The summed E-state index contributed by atoms with van der Waals surface area (Å²) in [6, 6.07) is 30.3. The van der Waals surface area contributed by atoms with Crippen molar-refractivity contribution < 1.29 is 99.5 Å². The molecule has 4 rings (SSSR count). The molecule has 7 atom stereocenters. The number of esters is 2. The zero-order valence-electron chi connectivity index (χ0n) is 70.2. The fourth-order valence-electron chi connectivity index (χ4n) is 9.73. The summed E-state index contributed by atoms with van der Waals surface area (Å²) in [6.07, 6.45) is -13.9. The standard InChI is InChI=1S/C42H63N7O8.C31H42N4O6.2C2H4O2.H2/c1-41(2,3)56-35(51)27-31(25-29-18-11-8-12-19-29)38(54)48-32(21-15-23-46-39(44)45)34(50)26-30(24-28-16-9-7-10-17-28)37(53)49-33(36(43)52)20-13-14-22-47-40(55)57-42(4,5)6;1-31(2,3)41-27(37)20-23(17-21-11-6-4-7-12-21)28(38)35-25(15-10-16-34-30(32)33)26(36)19-24(29(39)40)18-22-13-8-5-9-14-22;2*1-2(3)4;/h7-12,16-19,30-33H,13-15,20-27H2,1-6H3,(H2,43,52)(H,47,55)(H,48,54)(H,49,53)(H4,44,45,46);4-9,11-14,23-25H,10,15-20H2,1-3H3,(H,35,38)(H,39,40)(H4,32,33,34);2*1H3,(H,3,4);1H/t30-,31-,32-,33+;23-,24-,25-;;;/m11.../s1/i13D2,14D2,20D2,22D2;;;;1+1. The highest BCUT2D eigenvalue weighted by Gasteiger charge is 2.35. The zero-order chi connectivity index (χ0) is 87.3. The van der Waals surface area contributed by atoms with Crippen LogP contribution in [0.25, 0.3) is 0 Å². The average Bonchev–Trinajstić information content (AvgIpc) is 0.726. The highest BCUT2D eigenvalue weighted by molar-refractivity contribution is 5.95. The molecule has 0 fully saturated rings. The Morgan fingerprint density at radius 3 is 1.03 bits per heavy atom. The quantitative estimate of drug-likeness (QED) is 0.00700. The van der Waals surface area contributed by atoms with Gasteiger partial charge in [-0.3, -0.25) is 62.7 Å². The maximum atomic E-state index is 14.4. The van der Waals surface area contributed by atoms with Gasteiger partial charge in [-0.05, 0) is 155 Å². The fourth-order valence-corrected chi connectivity index (χ4v) is 9.73. The molecule has 17 N–H and O–H groups in total. The average molecular weight is 1490 g/mol. The summed E-state index contributed by atoms with van der Waals surface area (Å²) in [6.45, 7) is 13.3. The van der Waals surface area contributed by atoms with Gasteiger partial charge in [0.05, 0.1) is 42.7 Å². The third kappa shape index (κ3) is 46.8. The monoisotopic (exact) mass is 1490 g/mol. The van der Waals surface area contributed by atoms with Crippen molar-refractivity contribution in [3.8, 4) is 0 Å². The van der Waals surface area contributed by atoms with Crippen LogP contribution in [0.15, 0.2) is 131 Å². The molecule has 0 aromatic heterocycles. The van der Waals surface area contributed by atoms with Gasteiger partial charge < -0.3 is 79.5 Å². The first-order chi connectivity index (χ1) is 52.5. The summed E-state index contributed by atoms with van der Waals surface area (Å²) in [5.74, 6) is -13.8. The molecule has 0 spiro atoms. The summed E-state index contributed by atoms with van der Waals surface area (Å²) < 4.78 is 83.8. The number of benzene rings is 4. The Kier molecular flexibility index (Phi) is 36.7. The van der Waals surface area contributed by atoms with Gasteiger partial charge in [0.2, 0.25) is 23.6 Å². The van der Waals surface area contributed by atoms with Crippen molar-refractivity contribution in [3.05, 3.63) is 144 Å². The van der Waals surface area contributed by atoms with Crippen molar-refractivity contribution in [3.63, 3.8) is 0 Å². The van der Waals surface area contributed by atoms with E-state index >= 15 is 0 Å². The van der Waals surface area contributed by atoms with Crippen LogP contribution in [0.5, 0.6) is 0 Å². The molecule has 0 saturated heterocycles. The number of nitrogens with zero attached hydrogens (tertiary/aromatic N) is 2. The summed E-state index contributed by atoms with van der Waals surface area (Å²) in [7, 11) is 0. The lowest BCUT2D eigenvalue weighted by atomic mass is 9.89. The first-order valence-electron chi connectivity index (χ1n) is 38.1. The van der Waals surface area contributed by atoms with Crippen LogP contribution in [0.1, 0.15) is 181 Å². The van der Waals surface area contributed by atoms with Crippen LogP contribution in [0.4, 0.5) is 4.79 Å². The van der Waals surface area contributed by atoms with Gasteiger partial charge in [0.15, 0.2) is 23.5 Å². The number of alkyl carbamates (subject to hydrolysis) is 1. The maximum Gasteiger partial charge on any atom is 0.407 e. The number of ether oxygens (including phenoxy) is 3. The highest BCUT2D eigenvalue weighted by atomic mass is 16.6. The van der Waals surface area contributed by atoms with Crippen molar-refractivity contribution in [2.75, 3.05) is 19.6 Å². The lowest BCUT2D eigenvalue weighted by molar-refractivity contribution is -0.158. The summed E-state index contributed by atoms with van der Waals surface area (Å²) in [5.41, 5.74) is 27.4. The number of aliphatic carboxylic acids is 3. The van der Waals surface area contributed by atoms with Crippen molar-refractivity contribution in [2.45, 2.75) is 207 Å². The van der Waals surface area contributed by atoms with E-state index in [1.165, 1.54) is 20.8 Å². The van der Waals surface area contributed by atoms with E-state index in [1.807, 2.05) is 41.7 Å². The number of carboxylic acids is 3. The number of Topliss-reactive ketones (excluding diaryl/α,β-unsaturated/α-hetero) is 2. The molecule has 0 bridgehead atoms. The minimum absolute atomic E-state index is 0. The molecular weight excluding hydrogens is 1370 g/mol. The van der Waals surface area contributed by atoms with Gasteiger partial charge in [0, 0.05) is 64.6 Å². The molecule has 0 aliphatic heterocycles. The second kappa shape index (κ2) is 49.1. The SMILES string of the molecule is CC(=O)O.CC(=O)O.CC(C)(C)OC(=O)C[C@@H](Cc1ccccc1)C(=O)N[C@H](CCCN=C(N)N)C(=O)C[C@@H](Cc1ccccc1)C(=O)O.[2HH].[2H]C([2H])(NC(=O)OC(C)(C)C)C([2H])([2H])C([2H])([2H])C([2H])([2H])[C@H](NC(=O)[C@@H](CC(=O)[C@@H](CCCN=C(N)N)NC(=O)[C@@H](CC(=O)OC(C)(C)C)Cc1ccccc1)Cc1ccccc1)C(N)=O. The van der Waals surface area contributed by atoms with E-state index < -0.39 is 162 Å². The predicted octanol–water partition coefficient (Wildman–Crippen LogP) is 7.04. The summed E-state index contributed by atoms with van der Waals surface area (Å²) >= 11 is 0. The van der Waals surface area contributed by atoms with Gasteiger partial charge in [-0.25, -0.2) is 4.79 Å². The number of rotatable bonds is 39. The number of carbonyl (C=O) groups is 12. The number of hydrogen-bond acceptors (Lipinski definition) is 17. The van der Waals surface area contributed by atoms with Crippen LogP contribution in [0.2, 0.25) is 0 Å². The Morgan fingerprint density at radius 2 is 0.736 bits per heavy atom. The van der Waals surface area contributed by atoms with Crippen LogP contribution < -0.4 is 49.9 Å². The molecule has 0 unspecified atom stereocenters. The Balaban J connectivity index is 0.00000221. The smallest absolute Gasteiger partial charge is 0.407 e. The predicted molar refractivity (Wildman–Crippen MR) is 404 cm³/mol. The molecule has 4 aromatic rings. The van der Waals surface area contributed by atoms with Crippen LogP contribution in [0.3, 0.4) is 0 Å². The van der Waals surface area contributed by atoms with Crippen molar-refractivity contribution in [2.24, 2.45) is 62.3 Å². The first kappa shape index (κ1) is 79.4. The molecule has 5 amide bonds.